The largest absolute Gasteiger partial charge is 0.344 e. The summed E-state index contributed by atoms with van der Waals surface area (Å²) in [4.78, 5) is 25.9. The molecule has 1 aromatic rings. The maximum atomic E-state index is 12.3. The number of hydrogen-bond donors (Lipinski definition) is 2. The van der Waals surface area contributed by atoms with Crippen LogP contribution < -0.4 is 15.5 Å². The standard InChI is InChI=1S/C14H16ClN3O2/c15-10-1-3-11(4-2-10)18-6-5-12(14(18)20)17-13(19)9-7-16-8-9/h1-4,9,12,16H,5-8H2,(H,17,19). The van der Waals surface area contributed by atoms with Crippen LogP contribution in [-0.2, 0) is 9.59 Å². The van der Waals surface area contributed by atoms with E-state index in [1.54, 1.807) is 17.0 Å². The Morgan fingerprint density at radius 1 is 1.30 bits per heavy atom. The summed E-state index contributed by atoms with van der Waals surface area (Å²) >= 11 is 5.84. The third-order valence-corrected chi connectivity index (χ3v) is 4.06. The monoisotopic (exact) mass is 293 g/mol. The zero-order valence-electron chi connectivity index (χ0n) is 10.9. The molecule has 0 aliphatic carbocycles. The highest BCUT2D eigenvalue weighted by molar-refractivity contribution is 6.30. The summed E-state index contributed by atoms with van der Waals surface area (Å²) in [6.07, 6.45) is 0.646. The van der Waals surface area contributed by atoms with E-state index in [-0.39, 0.29) is 17.7 Å². The van der Waals surface area contributed by atoms with Gasteiger partial charge < -0.3 is 15.5 Å². The second-order valence-corrected chi connectivity index (χ2v) is 5.61. The van der Waals surface area contributed by atoms with Gasteiger partial charge in [0.15, 0.2) is 0 Å². The van der Waals surface area contributed by atoms with E-state index in [0.29, 0.717) is 31.1 Å². The highest BCUT2D eigenvalue weighted by Crippen LogP contribution is 2.23. The van der Waals surface area contributed by atoms with Gasteiger partial charge in [-0.05, 0) is 30.7 Å². The Kier molecular flexibility index (Phi) is 3.63. The van der Waals surface area contributed by atoms with Crippen LogP contribution in [0.3, 0.4) is 0 Å². The molecule has 1 atom stereocenters. The number of hydrogen-bond acceptors (Lipinski definition) is 3. The third-order valence-electron chi connectivity index (χ3n) is 3.81. The molecule has 106 valence electrons. The van der Waals surface area contributed by atoms with Gasteiger partial charge in [-0.15, -0.1) is 0 Å². The van der Waals surface area contributed by atoms with Crippen molar-refractivity contribution in [3.63, 3.8) is 0 Å². The van der Waals surface area contributed by atoms with Crippen molar-refractivity contribution in [3.05, 3.63) is 29.3 Å². The minimum absolute atomic E-state index is 0.00684. The first kappa shape index (κ1) is 13.4. The number of benzene rings is 1. The zero-order valence-corrected chi connectivity index (χ0v) is 11.7. The van der Waals surface area contributed by atoms with Crippen molar-refractivity contribution in [1.29, 1.82) is 0 Å². The van der Waals surface area contributed by atoms with E-state index in [4.69, 9.17) is 11.6 Å². The van der Waals surface area contributed by atoms with Gasteiger partial charge in [-0.1, -0.05) is 11.6 Å². The van der Waals surface area contributed by atoms with E-state index in [2.05, 4.69) is 10.6 Å². The second kappa shape index (κ2) is 5.42. The molecule has 20 heavy (non-hydrogen) atoms. The lowest BCUT2D eigenvalue weighted by atomic mass is 10.0. The van der Waals surface area contributed by atoms with Crippen LogP contribution >= 0.6 is 11.6 Å². The number of amides is 2. The molecule has 0 aromatic heterocycles. The molecule has 5 nitrogen and oxygen atoms in total. The highest BCUT2D eigenvalue weighted by atomic mass is 35.5. The van der Waals surface area contributed by atoms with Gasteiger partial charge in [0.05, 0.1) is 5.92 Å². The van der Waals surface area contributed by atoms with Crippen molar-refractivity contribution in [2.45, 2.75) is 12.5 Å². The SMILES string of the molecule is O=C(NC1CCN(c2ccc(Cl)cc2)C1=O)C1CNC1. The maximum Gasteiger partial charge on any atom is 0.249 e. The average Bonchev–Trinajstić information content (AvgIpc) is 2.70. The lowest BCUT2D eigenvalue weighted by molar-refractivity contribution is -0.130. The van der Waals surface area contributed by atoms with E-state index in [9.17, 15) is 9.59 Å². The quantitative estimate of drug-likeness (QED) is 0.866. The van der Waals surface area contributed by atoms with Gasteiger partial charge in [0.2, 0.25) is 11.8 Å². The lowest BCUT2D eigenvalue weighted by Crippen LogP contribution is -2.54. The van der Waals surface area contributed by atoms with E-state index >= 15 is 0 Å². The van der Waals surface area contributed by atoms with Crippen LogP contribution in [0, 0.1) is 5.92 Å². The van der Waals surface area contributed by atoms with E-state index < -0.39 is 6.04 Å². The molecule has 0 saturated carbocycles. The molecule has 0 bridgehead atoms. The molecular weight excluding hydrogens is 278 g/mol. The van der Waals surface area contributed by atoms with Crippen molar-refractivity contribution in [2.24, 2.45) is 5.92 Å². The minimum atomic E-state index is -0.404. The Morgan fingerprint density at radius 3 is 2.60 bits per heavy atom. The minimum Gasteiger partial charge on any atom is -0.344 e. The van der Waals surface area contributed by atoms with Crippen LogP contribution in [0.15, 0.2) is 24.3 Å². The molecule has 2 saturated heterocycles. The first-order valence-electron chi connectivity index (χ1n) is 6.73. The van der Waals surface area contributed by atoms with Crippen LogP contribution in [0.4, 0.5) is 5.69 Å². The van der Waals surface area contributed by atoms with E-state index in [0.717, 1.165) is 5.69 Å². The van der Waals surface area contributed by atoms with Crippen molar-refractivity contribution < 1.29 is 9.59 Å². The number of rotatable bonds is 3. The summed E-state index contributed by atoms with van der Waals surface area (Å²) < 4.78 is 0. The maximum absolute atomic E-state index is 12.3. The molecule has 1 unspecified atom stereocenters. The van der Waals surface area contributed by atoms with Gasteiger partial charge in [0.1, 0.15) is 6.04 Å². The van der Waals surface area contributed by atoms with Gasteiger partial charge in [0, 0.05) is 30.3 Å². The highest BCUT2D eigenvalue weighted by Gasteiger charge is 2.35. The second-order valence-electron chi connectivity index (χ2n) is 5.17. The molecule has 6 heteroatoms. The van der Waals surface area contributed by atoms with Gasteiger partial charge >= 0.3 is 0 Å². The number of halogens is 1. The molecule has 2 aliphatic rings. The van der Waals surface area contributed by atoms with Crippen LogP contribution in [0.5, 0.6) is 0 Å². The van der Waals surface area contributed by atoms with Gasteiger partial charge in [-0.25, -0.2) is 0 Å². The number of carbonyl (C=O) groups is 2. The molecule has 2 N–H and O–H groups in total. The van der Waals surface area contributed by atoms with Gasteiger partial charge in [0.25, 0.3) is 0 Å². The Bertz CT molecular complexity index is 528. The number of nitrogens with one attached hydrogen (secondary N) is 2. The number of carbonyl (C=O) groups excluding carboxylic acids is 2. The van der Waals surface area contributed by atoms with Crippen molar-refractivity contribution >= 4 is 29.1 Å². The Labute approximate surface area is 122 Å². The smallest absolute Gasteiger partial charge is 0.249 e. The van der Waals surface area contributed by atoms with Crippen molar-refractivity contribution in [1.82, 2.24) is 10.6 Å². The molecule has 2 fully saturated rings. The topological polar surface area (TPSA) is 61.4 Å². The van der Waals surface area contributed by atoms with Crippen molar-refractivity contribution in [3.8, 4) is 0 Å². The Hall–Kier alpha value is -1.59. The normalized spacial score (nSPS) is 22.8. The summed E-state index contributed by atoms with van der Waals surface area (Å²) in [5, 5.41) is 6.54. The zero-order chi connectivity index (χ0) is 14.1. The van der Waals surface area contributed by atoms with Crippen LogP contribution in [-0.4, -0.2) is 37.5 Å². The van der Waals surface area contributed by atoms with Crippen molar-refractivity contribution in [2.75, 3.05) is 24.5 Å². The molecule has 1 aromatic carbocycles. The Balaban J connectivity index is 1.64. The summed E-state index contributed by atoms with van der Waals surface area (Å²) in [5.41, 5.74) is 0.821. The molecule has 2 aliphatic heterocycles. The first-order valence-corrected chi connectivity index (χ1v) is 7.11. The molecule has 2 heterocycles. The molecule has 2 amide bonds. The fourth-order valence-electron chi connectivity index (χ4n) is 2.45. The van der Waals surface area contributed by atoms with Crippen LogP contribution in [0.2, 0.25) is 5.02 Å². The first-order chi connectivity index (χ1) is 9.65. The molecule has 0 radical (unpaired) electrons. The van der Waals surface area contributed by atoms with Gasteiger partial charge in [-0.2, -0.15) is 0 Å². The summed E-state index contributed by atoms with van der Waals surface area (Å²) in [6, 6.07) is 6.76. The predicted molar refractivity (Wildman–Crippen MR) is 76.7 cm³/mol. The molecule has 0 spiro atoms. The average molecular weight is 294 g/mol. The summed E-state index contributed by atoms with van der Waals surface area (Å²) in [6.45, 7) is 2.02. The number of anilines is 1. The molecule has 3 rings (SSSR count). The van der Waals surface area contributed by atoms with Gasteiger partial charge in [-0.3, -0.25) is 9.59 Å². The fraction of sp³-hybridized carbons (Fsp3) is 0.429. The van der Waals surface area contributed by atoms with E-state index in [1.165, 1.54) is 0 Å². The van der Waals surface area contributed by atoms with Crippen LogP contribution in [0.1, 0.15) is 6.42 Å². The lowest BCUT2D eigenvalue weighted by Gasteiger charge is -2.27. The molecular formula is C14H16ClN3O2. The Morgan fingerprint density at radius 2 is 2.00 bits per heavy atom. The fourth-order valence-corrected chi connectivity index (χ4v) is 2.58. The third kappa shape index (κ3) is 2.51. The summed E-state index contributed by atoms with van der Waals surface area (Å²) in [5.74, 6) is -0.0691. The predicted octanol–water partition coefficient (Wildman–Crippen LogP) is 0.781. The number of nitrogens with zero attached hydrogens (tertiary/aromatic N) is 1. The van der Waals surface area contributed by atoms with Crippen LogP contribution in [0.25, 0.3) is 0 Å². The van der Waals surface area contributed by atoms with E-state index in [1.807, 2.05) is 12.1 Å². The summed E-state index contributed by atoms with van der Waals surface area (Å²) in [7, 11) is 0.